The van der Waals surface area contributed by atoms with Crippen LogP contribution in [0.15, 0.2) is 30.5 Å². The van der Waals surface area contributed by atoms with E-state index in [-0.39, 0.29) is 29.2 Å². The molecule has 0 aliphatic rings. The summed E-state index contributed by atoms with van der Waals surface area (Å²) < 4.78 is 0. The molecule has 0 saturated carbocycles. The molecule has 2 rings (SSSR count). The van der Waals surface area contributed by atoms with Crippen molar-refractivity contribution in [1.29, 1.82) is 0 Å². The van der Waals surface area contributed by atoms with Crippen LogP contribution in [0.4, 0.5) is 23.1 Å². The molecule has 3 amide bonds. The van der Waals surface area contributed by atoms with Crippen molar-refractivity contribution in [3.63, 3.8) is 0 Å². The van der Waals surface area contributed by atoms with E-state index in [1.807, 2.05) is 26.0 Å². The Morgan fingerprint density at radius 2 is 1.69 bits per heavy atom. The van der Waals surface area contributed by atoms with Gasteiger partial charge in [0.2, 0.25) is 17.8 Å². The zero-order valence-electron chi connectivity index (χ0n) is 18.4. The third kappa shape index (κ3) is 7.74. The highest BCUT2D eigenvalue weighted by atomic mass is 16.2. The van der Waals surface area contributed by atoms with Crippen molar-refractivity contribution in [3.05, 3.63) is 36.0 Å². The number of primary amides is 2. The van der Waals surface area contributed by atoms with Gasteiger partial charge in [0, 0.05) is 37.6 Å². The van der Waals surface area contributed by atoms with E-state index in [4.69, 9.17) is 11.5 Å². The molecular weight excluding hydrogens is 412 g/mol. The molecule has 32 heavy (non-hydrogen) atoms. The molecule has 0 aliphatic heterocycles. The van der Waals surface area contributed by atoms with E-state index in [9.17, 15) is 14.4 Å². The largest absolute Gasteiger partial charge is 0.383 e. The second kappa shape index (κ2) is 11.5. The first-order chi connectivity index (χ1) is 15.2. The summed E-state index contributed by atoms with van der Waals surface area (Å²) in [6.45, 7) is 6.50. The third-order valence-electron chi connectivity index (χ3n) is 4.38. The van der Waals surface area contributed by atoms with Crippen molar-refractivity contribution in [2.75, 3.05) is 29.0 Å². The first kappa shape index (κ1) is 24.4. The minimum atomic E-state index is -0.691. The molecule has 0 aliphatic carbocycles. The van der Waals surface area contributed by atoms with Crippen molar-refractivity contribution in [1.82, 2.24) is 15.3 Å². The lowest BCUT2D eigenvalue weighted by Crippen LogP contribution is -2.37. The standard InChI is InChI=1S/C21H30N8O3/c1-12(2)10-17(19(23)32)28-21-26-11-16(18(22)31)20(29-21)27-15-6-4-14(5-7-15)25-9-8-24-13(3)30/h4-7,11-12,17,25H,8-10H2,1-3H3,(H2,22,31)(H2,23,32)(H,24,30)(H2,26,27,28,29)/t17-/m1/s1. The number of amides is 3. The van der Waals surface area contributed by atoms with Gasteiger partial charge in [0.1, 0.15) is 17.4 Å². The number of benzene rings is 1. The molecule has 0 fully saturated rings. The number of carbonyl (C=O) groups excluding carboxylic acids is 3. The van der Waals surface area contributed by atoms with Crippen LogP contribution in [0.2, 0.25) is 0 Å². The molecule has 1 heterocycles. The van der Waals surface area contributed by atoms with E-state index in [0.717, 1.165) is 5.69 Å². The highest BCUT2D eigenvalue weighted by molar-refractivity contribution is 5.98. The minimum absolute atomic E-state index is 0.0818. The maximum Gasteiger partial charge on any atom is 0.254 e. The Balaban J connectivity index is 2.13. The van der Waals surface area contributed by atoms with E-state index in [1.54, 1.807) is 12.1 Å². The topological polar surface area (TPSA) is 177 Å². The van der Waals surface area contributed by atoms with Crippen molar-refractivity contribution in [3.8, 4) is 0 Å². The van der Waals surface area contributed by atoms with Crippen LogP contribution in [-0.4, -0.2) is 46.8 Å². The number of nitrogens with zero attached hydrogens (tertiary/aromatic N) is 2. The second-order valence-corrected chi connectivity index (χ2v) is 7.66. The first-order valence-corrected chi connectivity index (χ1v) is 10.2. The number of hydrogen-bond donors (Lipinski definition) is 6. The molecular formula is C21H30N8O3. The lowest BCUT2D eigenvalue weighted by molar-refractivity contribution is -0.119. The molecule has 11 heteroatoms. The Hall–Kier alpha value is -3.89. The Bertz CT molecular complexity index is 947. The molecule has 0 unspecified atom stereocenters. The van der Waals surface area contributed by atoms with Gasteiger partial charge in [0.25, 0.3) is 5.91 Å². The number of anilines is 4. The van der Waals surface area contributed by atoms with E-state index in [0.29, 0.717) is 25.2 Å². The van der Waals surface area contributed by atoms with Crippen molar-refractivity contribution in [2.24, 2.45) is 17.4 Å². The molecule has 1 atom stereocenters. The van der Waals surface area contributed by atoms with Gasteiger partial charge in [0.05, 0.1) is 0 Å². The summed E-state index contributed by atoms with van der Waals surface area (Å²) in [5, 5.41) is 11.9. The van der Waals surface area contributed by atoms with E-state index in [1.165, 1.54) is 13.1 Å². The second-order valence-electron chi connectivity index (χ2n) is 7.66. The molecule has 1 aromatic heterocycles. The molecule has 11 nitrogen and oxygen atoms in total. The van der Waals surface area contributed by atoms with Crippen LogP contribution in [0.5, 0.6) is 0 Å². The van der Waals surface area contributed by atoms with Gasteiger partial charge in [-0.3, -0.25) is 14.4 Å². The van der Waals surface area contributed by atoms with E-state index >= 15 is 0 Å². The number of aromatic nitrogens is 2. The summed E-state index contributed by atoms with van der Waals surface area (Å²) in [7, 11) is 0. The lowest BCUT2D eigenvalue weighted by atomic mass is 10.0. The zero-order chi connectivity index (χ0) is 23.7. The van der Waals surface area contributed by atoms with Gasteiger partial charge in [-0.15, -0.1) is 0 Å². The molecule has 1 aromatic carbocycles. The van der Waals surface area contributed by atoms with Gasteiger partial charge in [-0.25, -0.2) is 4.98 Å². The average Bonchev–Trinajstić information content (AvgIpc) is 2.71. The summed E-state index contributed by atoms with van der Waals surface area (Å²) in [5.74, 6) is -0.705. The number of nitrogens with two attached hydrogens (primary N) is 2. The van der Waals surface area contributed by atoms with Gasteiger partial charge in [-0.05, 0) is 36.6 Å². The summed E-state index contributed by atoms with van der Waals surface area (Å²) in [5.41, 5.74) is 12.6. The van der Waals surface area contributed by atoms with Crippen LogP contribution >= 0.6 is 0 Å². The fourth-order valence-electron chi connectivity index (χ4n) is 2.85. The van der Waals surface area contributed by atoms with Crippen molar-refractivity contribution in [2.45, 2.75) is 33.2 Å². The molecule has 0 bridgehead atoms. The molecule has 0 spiro atoms. The maximum absolute atomic E-state index is 11.8. The molecule has 2 aromatic rings. The summed E-state index contributed by atoms with van der Waals surface area (Å²) in [4.78, 5) is 42.9. The van der Waals surface area contributed by atoms with E-state index in [2.05, 4.69) is 31.2 Å². The highest BCUT2D eigenvalue weighted by Crippen LogP contribution is 2.22. The van der Waals surface area contributed by atoms with Crippen LogP contribution in [0.3, 0.4) is 0 Å². The maximum atomic E-state index is 11.8. The number of nitrogens with one attached hydrogen (secondary N) is 4. The van der Waals surface area contributed by atoms with Crippen LogP contribution in [0.25, 0.3) is 0 Å². The minimum Gasteiger partial charge on any atom is -0.383 e. The summed E-state index contributed by atoms with van der Waals surface area (Å²) in [6.07, 6.45) is 1.81. The fraction of sp³-hybridized carbons (Fsp3) is 0.381. The predicted octanol–water partition coefficient (Wildman–Crippen LogP) is 1.18. The highest BCUT2D eigenvalue weighted by Gasteiger charge is 2.19. The smallest absolute Gasteiger partial charge is 0.254 e. The van der Waals surface area contributed by atoms with Crippen LogP contribution in [0.1, 0.15) is 37.6 Å². The monoisotopic (exact) mass is 442 g/mol. The van der Waals surface area contributed by atoms with Crippen LogP contribution in [-0.2, 0) is 9.59 Å². The van der Waals surface area contributed by atoms with Crippen molar-refractivity contribution >= 4 is 40.9 Å². The first-order valence-electron chi connectivity index (χ1n) is 10.2. The van der Waals surface area contributed by atoms with E-state index < -0.39 is 17.9 Å². The zero-order valence-corrected chi connectivity index (χ0v) is 18.4. The normalized spacial score (nSPS) is 11.5. The fourth-order valence-corrected chi connectivity index (χ4v) is 2.85. The van der Waals surface area contributed by atoms with Gasteiger partial charge < -0.3 is 32.7 Å². The lowest BCUT2D eigenvalue weighted by Gasteiger charge is -2.18. The Morgan fingerprint density at radius 1 is 1.03 bits per heavy atom. The Labute approximate surface area is 186 Å². The quantitative estimate of drug-likeness (QED) is 0.265. The van der Waals surface area contributed by atoms with Crippen LogP contribution in [0, 0.1) is 5.92 Å². The van der Waals surface area contributed by atoms with Crippen molar-refractivity contribution < 1.29 is 14.4 Å². The third-order valence-corrected chi connectivity index (χ3v) is 4.38. The molecule has 0 radical (unpaired) electrons. The molecule has 172 valence electrons. The van der Waals surface area contributed by atoms with Gasteiger partial charge in [0.15, 0.2) is 0 Å². The summed E-state index contributed by atoms with van der Waals surface area (Å²) in [6, 6.07) is 6.63. The van der Waals surface area contributed by atoms with Crippen LogP contribution < -0.4 is 32.7 Å². The SMILES string of the molecule is CC(=O)NCCNc1ccc(Nc2nc(N[C@H](CC(C)C)C(N)=O)ncc2C(N)=O)cc1. The van der Waals surface area contributed by atoms with Gasteiger partial charge in [-0.1, -0.05) is 13.8 Å². The Morgan fingerprint density at radius 3 is 2.25 bits per heavy atom. The number of carbonyl (C=O) groups is 3. The number of rotatable bonds is 12. The summed E-state index contributed by atoms with van der Waals surface area (Å²) >= 11 is 0. The Kier molecular flexibility index (Phi) is 8.75. The number of hydrogen-bond acceptors (Lipinski definition) is 8. The van der Waals surface area contributed by atoms with Gasteiger partial charge >= 0.3 is 0 Å². The predicted molar refractivity (Wildman–Crippen MR) is 124 cm³/mol. The molecule has 0 saturated heterocycles. The molecule has 8 N–H and O–H groups in total. The van der Waals surface area contributed by atoms with Gasteiger partial charge in [-0.2, -0.15) is 4.98 Å². The average molecular weight is 443 g/mol.